The topological polar surface area (TPSA) is 61.3 Å². The zero-order valence-electron chi connectivity index (χ0n) is 13.4. The smallest absolute Gasteiger partial charge is 0.333 e. The predicted octanol–water partition coefficient (Wildman–Crippen LogP) is 5.19. The molecule has 0 saturated carbocycles. The first-order valence-electron chi connectivity index (χ1n) is 7.38. The van der Waals surface area contributed by atoms with E-state index in [1.807, 2.05) is 13.8 Å². The van der Waals surface area contributed by atoms with E-state index in [1.165, 1.54) is 64.0 Å². The molecule has 0 atom stereocenters. The quantitative estimate of drug-likeness (QED) is 0.338. The van der Waals surface area contributed by atoms with Crippen molar-refractivity contribution in [3.05, 3.63) is 11.1 Å². The molecule has 0 aromatic heterocycles. The van der Waals surface area contributed by atoms with Gasteiger partial charge in [0.15, 0.2) is 0 Å². The molecule has 3 N–H and O–H groups in total. The van der Waals surface area contributed by atoms with E-state index < -0.39 is 0 Å². The largest absolute Gasteiger partial charge is 0.466 e. The van der Waals surface area contributed by atoms with Crippen LogP contribution in [0.1, 0.15) is 78.6 Å². The first-order valence-corrected chi connectivity index (χ1v) is 7.38. The highest BCUT2D eigenvalue weighted by atomic mass is 16.5. The first-order chi connectivity index (χ1) is 8.63. The van der Waals surface area contributed by atoms with Crippen LogP contribution in [0.4, 0.5) is 0 Å². The van der Waals surface area contributed by atoms with E-state index in [-0.39, 0.29) is 12.1 Å². The Hall–Kier alpha value is -0.830. The van der Waals surface area contributed by atoms with Crippen LogP contribution in [0.15, 0.2) is 11.1 Å². The normalized spacial score (nSPS) is 11.6. The van der Waals surface area contributed by atoms with Gasteiger partial charge >= 0.3 is 5.97 Å². The number of unbranched alkanes of at least 4 members (excludes halogenated alkanes) is 7. The van der Waals surface area contributed by atoms with Crippen LogP contribution in [0.3, 0.4) is 0 Å². The first kappa shape index (κ1) is 20.5. The molecular weight excluding hydrogens is 238 g/mol. The van der Waals surface area contributed by atoms with Crippen LogP contribution < -0.4 is 6.15 Å². The number of rotatable bonds is 10. The van der Waals surface area contributed by atoms with Gasteiger partial charge < -0.3 is 10.9 Å². The SMILES string of the molecule is CCCCCCCCCCC(C)=C(C)C(=O)OC.N. The van der Waals surface area contributed by atoms with Crippen molar-refractivity contribution in [2.75, 3.05) is 7.11 Å². The number of esters is 1. The minimum atomic E-state index is -0.188. The van der Waals surface area contributed by atoms with E-state index in [2.05, 4.69) is 6.92 Å². The Morgan fingerprint density at radius 2 is 1.37 bits per heavy atom. The lowest BCUT2D eigenvalue weighted by Gasteiger charge is -2.06. The minimum absolute atomic E-state index is 0. The maximum Gasteiger partial charge on any atom is 0.333 e. The van der Waals surface area contributed by atoms with Crippen molar-refractivity contribution >= 4 is 5.97 Å². The second-order valence-corrected chi connectivity index (χ2v) is 5.12. The maximum atomic E-state index is 11.3. The number of ether oxygens (including phenoxy) is 1. The third-order valence-electron chi connectivity index (χ3n) is 3.54. The van der Waals surface area contributed by atoms with Crippen LogP contribution in [-0.4, -0.2) is 13.1 Å². The molecule has 0 saturated heterocycles. The van der Waals surface area contributed by atoms with Crippen molar-refractivity contribution in [2.24, 2.45) is 0 Å². The van der Waals surface area contributed by atoms with E-state index in [1.54, 1.807) is 0 Å². The second-order valence-electron chi connectivity index (χ2n) is 5.12. The molecule has 0 aliphatic heterocycles. The summed E-state index contributed by atoms with van der Waals surface area (Å²) >= 11 is 0. The summed E-state index contributed by atoms with van der Waals surface area (Å²) < 4.78 is 4.72. The Morgan fingerprint density at radius 1 is 0.895 bits per heavy atom. The molecule has 3 nitrogen and oxygen atoms in total. The van der Waals surface area contributed by atoms with Gasteiger partial charge in [-0.3, -0.25) is 0 Å². The lowest BCUT2D eigenvalue weighted by Crippen LogP contribution is -2.03. The highest BCUT2D eigenvalue weighted by Crippen LogP contribution is 2.15. The van der Waals surface area contributed by atoms with Gasteiger partial charge in [0.1, 0.15) is 0 Å². The molecule has 0 aliphatic rings. The highest BCUT2D eigenvalue weighted by molar-refractivity contribution is 5.88. The lowest BCUT2D eigenvalue weighted by molar-refractivity contribution is -0.136. The number of hydrogen-bond donors (Lipinski definition) is 1. The molecule has 0 aromatic rings. The fourth-order valence-corrected chi connectivity index (χ4v) is 2.04. The van der Waals surface area contributed by atoms with Crippen molar-refractivity contribution < 1.29 is 9.53 Å². The van der Waals surface area contributed by atoms with Gasteiger partial charge in [-0.05, 0) is 26.7 Å². The van der Waals surface area contributed by atoms with Gasteiger partial charge in [-0.15, -0.1) is 0 Å². The summed E-state index contributed by atoms with van der Waals surface area (Å²) in [5.41, 5.74) is 1.95. The van der Waals surface area contributed by atoms with E-state index in [9.17, 15) is 4.79 Å². The van der Waals surface area contributed by atoms with Crippen molar-refractivity contribution in [3.63, 3.8) is 0 Å². The third-order valence-corrected chi connectivity index (χ3v) is 3.54. The molecule has 0 aromatic carbocycles. The summed E-state index contributed by atoms with van der Waals surface area (Å²) in [6, 6.07) is 0. The molecular formula is C16H33NO2. The van der Waals surface area contributed by atoms with Crippen LogP contribution in [0, 0.1) is 0 Å². The Morgan fingerprint density at radius 3 is 1.84 bits per heavy atom. The van der Waals surface area contributed by atoms with E-state index >= 15 is 0 Å². The van der Waals surface area contributed by atoms with Crippen molar-refractivity contribution in [1.29, 1.82) is 0 Å². The van der Waals surface area contributed by atoms with E-state index in [0.29, 0.717) is 0 Å². The number of hydrogen-bond acceptors (Lipinski definition) is 3. The highest BCUT2D eigenvalue weighted by Gasteiger charge is 2.06. The Balaban J connectivity index is 0. The van der Waals surface area contributed by atoms with Crippen molar-refractivity contribution in [2.45, 2.75) is 78.6 Å². The average Bonchev–Trinajstić information content (AvgIpc) is 2.39. The van der Waals surface area contributed by atoms with Crippen molar-refractivity contribution in [3.8, 4) is 0 Å². The van der Waals surface area contributed by atoms with Crippen LogP contribution in [0.2, 0.25) is 0 Å². The summed E-state index contributed by atoms with van der Waals surface area (Å²) in [7, 11) is 1.44. The average molecular weight is 271 g/mol. The summed E-state index contributed by atoms with van der Waals surface area (Å²) in [6.45, 7) is 6.14. The van der Waals surface area contributed by atoms with Crippen LogP contribution in [-0.2, 0) is 9.53 Å². The molecule has 0 rings (SSSR count). The van der Waals surface area contributed by atoms with Gasteiger partial charge in [0.2, 0.25) is 0 Å². The fourth-order valence-electron chi connectivity index (χ4n) is 2.04. The molecule has 19 heavy (non-hydrogen) atoms. The minimum Gasteiger partial charge on any atom is -0.466 e. The molecule has 0 fully saturated rings. The number of carbonyl (C=O) groups is 1. The van der Waals surface area contributed by atoms with Crippen LogP contribution in [0.5, 0.6) is 0 Å². The van der Waals surface area contributed by atoms with Crippen LogP contribution >= 0.6 is 0 Å². The number of allylic oxidation sites excluding steroid dienone is 1. The molecule has 0 spiro atoms. The molecule has 0 unspecified atom stereocenters. The third kappa shape index (κ3) is 10.8. The maximum absolute atomic E-state index is 11.3. The van der Waals surface area contributed by atoms with Crippen LogP contribution in [0.25, 0.3) is 0 Å². The Labute approximate surface area is 119 Å². The Bertz CT molecular complexity index is 259. The standard InChI is InChI=1S/C16H30O2.H3N/c1-5-6-7-8-9-10-11-12-13-14(2)15(3)16(17)18-4;/h5-13H2,1-4H3;1H3. The molecule has 0 aliphatic carbocycles. The van der Waals surface area contributed by atoms with Gasteiger partial charge in [-0.25, -0.2) is 4.79 Å². The summed E-state index contributed by atoms with van der Waals surface area (Å²) in [5.74, 6) is -0.188. The molecule has 0 amide bonds. The predicted molar refractivity (Wildman–Crippen MR) is 82.6 cm³/mol. The van der Waals surface area contributed by atoms with Gasteiger partial charge in [0, 0.05) is 5.57 Å². The Kier molecular flexibility index (Phi) is 14.7. The zero-order chi connectivity index (χ0) is 13.8. The van der Waals surface area contributed by atoms with E-state index in [4.69, 9.17) is 4.74 Å². The summed E-state index contributed by atoms with van der Waals surface area (Å²) in [5, 5.41) is 0. The second kappa shape index (κ2) is 13.6. The molecule has 0 heterocycles. The zero-order valence-corrected chi connectivity index (χ0v) is 13.4. The summed E-state index contributed by atoms with van der Waals surface area (Å²) in [6.07, 6.45) is 11.6. The van der Waals surface area contributed by atoms with Gasteiger partial charge in [0.25, 0.3) is 0 Å². The van der Waals surface area contributed by atoms with Gasteiger partial charge in [0.05, 0.1) is 7.11 Å². The molecule has 0 bridgehead atoms. The molecule has 0 radical (unpaired) electrons. The molecule has 114 valence electrons. The summed E-state index contributed by atoms with van der Waals surface area (Å²) in [4.78, 5) is 11.3. The van der Waals surface area contributed by atoms with E-state index in [0.717, 1.165) is 12.0 Å². The molecule has 3 heteroatoms. The fraction of sp³-hybridized carbons (Fsp3) is 0.812. The lowest BCUT2D eigenvalue weighted by atomic mass is 10.0. The van der Waals surface area contributed by atoms with Crippen molar-refractivity contribution in [1.82, 2.24) is 6.15 Å². The number of carbonyl (C=O) groups excluding carboxylic acids is 1. The monoisotopic (exact) mass is 271 g/mol. The van der Waals surface area contributed by atoms with Gasteiger partial charge in [-0.2, -0.15) is 0 Å². The van der Waals surface area contributed by atoms with Gasteiger partial charge in [-0.1, -0.05) is 57.4 Å². The number of methoxy groups -OCH3 is 1.